The topological polar surface area (TPSA) is 29.5 Å². The highest BCUT2D eigenvalue weighted by Crippen LogP contribution is 2.02. The van der Waals surface area contributed by atoms with Gasteiger partial charge in [-0.3, -0.25) is 0 Å². The summed E-state index contributed by atoms with van der Waals surface area (Å²) in [6.45, 7) is 2.52. The molecule has 4 nitrogen and oxygen atoms in total. The van der Waals surface area contributed by atoms with Gasteiger partial charge in [0.05, 0.1) is 21.1 Å². The quantitative estimate of drug-likeness (QED) is 0.436. The number of quaternary nitrogens is 1. The van der Waals surface area contributed by atoms with Crippen LogP contribution in [0.1, 0.15) is 6.92 Å². The molecule has 0 aliphatic rings. The van der Waals surface area contributed by atoms with Gasteiger partial charge in [0.25, 0.3) is 0 Å². The number of hydrogen-bond donors (Lipinski definition) is 0. The van der Waals surface area contributed by atoms with E-state index in [1.807, 2.05) is 0 Å². The van der Waals surface area contributed by atoms with E-state index in [1.165, 1.54) is 4.90 Å². The molecule has 0 saturated carbocycles. The van der Waals surface area contributed by atoms with Crippen molar-refractivity contribution in [3.63, 3.8) is 0 Å². The van der Waals surface area contributed by atoms with Crippen molar-refractivity contribution in [1.82, 2.24) is 4.90 Å². The maximum Gasteiger partial charge on any atom is 0.409 e. The minimum Gasteiger partial charge on any atom is -1.00 e. The SMILES string of the molecule is CC(COC(=O)N(C)C)[N+](C)(C)C.[I-]. The highest BCUT2D eigenvalue weighted by Gasteiger charge is 2.20. The molecule has 1 amide bonds. The molecule has 5 heteroatoms. The molecule has 0 N–H and O–H groups in total. The van der Waals surface area contributed by atoms with Crippen LogP contribution >= 0.6 is 0 Å². The standard InChI is InChI=1S/C9H21N2O2.HI/c1-8(11(4,5)6)7-13-9(12)10(2)3;/h8H,7H2,1-6H3;1H/q+1;/p-1. The zero-order chi connectivity index (χ0) is 10.6. The molecule has 0 aliphatic carbocycles. The van der Waals surface area contributed by atoms with E-state index in [2.05, 4.69) is 28.1 Å². The second-order valence-corrected chi connectivity index (χ2v) is 4.44. The molecule has 0 saturated heterocycles. The molecule has 0 radical (unpaired) electrons. The lowest BCUT2D eigenvalue weighted by Crippen LogP contribution is -3.00. The first kappa shape index (κ1) is 16.4. The van der Waals surface area contributed by atoms with E-state index >= 15 is 0 Å². The lowest BCUT2D eigenvalue weighted by Gasteiger charge is -2.31. The summed E-state index contributed by atoms with van der Waals surface area (Å²) in [6.07, 6.45) is -0.277. The van der Waals surface area contributed by atoms with E-state index in [9.17, 15) is 4.79 Å². The van der Waals surface area contributed by atoms with Crippen LogP contribution in [-0.4, -0.2) is 63.4 Å². The smallest absolute Gasteiger partial charge is 0.409 e. The molecule has 0 fully saturated rings. The van der Waals surface area contributed by atoms with E-state index in [-0.39, 0.29) is 30.1 Å². The third kappa shape index (κ3) is 6.42. The zero-order valence-electron chi connectivity index (χ0n) is 9.87. The van der Waals surface area contributed by atoms with Gasteiger partial charge in [-0.25, -0.2) is 4.79 Å². The maximum absolute atomic E-state index is 11.1. The van der Waals surface area contributed by atoms with E-state index in [0.29, 0.717) is 12.6 Å². The highest BCUT2D eigenvalue weighted by molar-refractivity contribution is 5.66. The first-order valence-corrected chi connectivity index (χ1v) is 4.40. The fourth-order valence-electron chi connectivity index (χ4n) is 0.545. The minimum absolute atomic E-state index is 0. The fourth-order valence-corrected chi connectivity index (χ4v) is 0.545. The van der Waals surface area contributed by atoms with Crippen LogP contribution in [0.4, 0.5) is 4.79 Å². The van der Waals surface area contributed by atoms with Crippen molar-refractivity contribution in [3.8, 4) is 0 Å². The molecule has 1 unspecified atom stereocenters. The van der Waals surface area contributed by atoms with E-state index < -0.39 is 0 Å². The van der Waals surface area contributed by atoms with E-state index in [0.717, 1.165) is 4.48 Å². The Morgan fingerprint density at radius 3 is 2.07 bits per heavy atom. The Hall–Kier alpha value is -0.0400. The first-order valence-electron chi connectivity index (χ1n) is 4.40. The number of rotatable bonds is 3. The van der Waals surface area contributed by atoms with Gasteiger partial charge in [-0.15, -0.1) is 0 Å². The van der Waals surface area contributed by atoms with E-state index in [1.54, 1.807) is 14.1 Å². The molecule has 86 valence electrons. The summed E-state index contributed by atoms with van der Waals surface area (Å²) in [5.41, 5.74) is 0. The number of amides is 1. The average Bonchev–Trinajstić information content (AvgIpc) is 1.97. The highest BCUT2D eigenvalue weighted by atomic mass is 127. The minimum atomic E-state index is -0.277. The summed E-state index contributed by atoms with van der Waals surface area (Å²) in [5, 5.41) is 0. The predicted molar refractivity (Wildman–Crippen MR) is 52.5 cm³/mol. The van der Waals surface area contributed by atoms with Crippen molar-refractivity contribution in [2.45, 2.75) is 13.0 Å². The molecule has 0 aromatic rings. The fraction of sp³-hybridized carbons (Fsp3) is 0.889. The van der Waals surface area contributed by atoms with Crippen LogP contribution in [0.25, 0.3) is 0 Å². The number of likely N-dealkylation sites (N-methyl/N-ethyl adjacent to an activating group) is 1. The lowest BCUT2D eigenvalue weighted by molar-refractivity contribution is -0.894. The summed E-state index contributed by atoms with van der Waals surface area (Å²) in [7, 11) is 9.59. The molecule has 0 bridgehead atoms. The largest absolute Gasteiger partial charge is 1.00 e. The summed E-state index contributed by atoms with van der Waals surface area (Å²) in [6, 6.07) is 0.309. The lowest BCUT2D eigenvalue weighted by atomic mass is 10.3. The van der Waals surface area contributed by atoms with Crippen molar-refractivity contribution < 1.29 is 38.0 Å². The average molecular weight is 316 g/mol. The summed E-state index contributed by atoms with van der Waals surface area (Å²) >= 11 is 0. The Kier molecular flexibility index (Phi) is 7.55. The van der Waals surface area contributed by atoms with Crippen molar-refractivity contribution in [1.29, 1.82) is 0 Å². The van der Waals surface area contributed by atoms with Gasteiger partial charge >= 0.3 is 6.09 Å². The van der Waals surface area contributed by atoms with Gasteiger partial charge in [-0.2, -0.15) is 0 Å². The van der Waals surface area contributed by atoms with Crippen LogP contribution < -0.4 is 24.0 Å². The predicted octanol–water partition coefficient (Wildman–Crippen LogP) is -2.22. The number of carbonyl (C=O) groups excluding carboxylic acids is 1. The van der Waals surface area contributed by atoms with Crippen molar-refractivity contribution in [2.75, 3.05) is 41.8 Å². The molecule has 1 atom stereocenters. The third-order valence-electron chi connectivity index (χ3n) is 2.14. The number of nitrogens with zero attached hydrogens (tertiary/aromatic N) is 2. The molecule has 14 heavy (non-hydrogen) atoms. The molecule has 0 aromatic heterocycles. The van der Waals surface area contributed by atoms with Crippen LogP contribution in [0.3, 0.4) is 0 Å². The third-order valence-corrected chi connectivity index (χ3v) is 2.14. The first-order chi connectivity index (χ1) is 5.75. The normalized spacial score (nSPS) is 12.7. The molecule has 0 heterocycles. The van der Waals surface area contributed by atoms with Gasteiger partial charge in [0, 0.05) is 14.1 Å². The van der Waals surface area contributed by atoms with Crippen molar-refractivity contribution in [3.05, 3.63) is 0 Å². The Labute approximate surface area is 104 Å². The van der Waals surface area contributed by atoms with Crippen molar-refractivity contribution in [2.24, 2.45) is 0 Å². The van der Waals surface area contributed by atoms with Gasteiger partial charge in [0.1, 0.15) is 12.6 Å². The monoisotopic (exact) mass is 316 g/mol. The summed E-state index contributed by atoms with van der Waals surface area (Å²) < 4.78 is 5.86. The molecule has 0 spiro atoms. The maximum atomic E-state index is 11.1. The number of ether oxygens (including phenoxy) is 1. The molecule has 0 aromatic carbocycles. The van der Waals surface area contributed by atoms with Gasteiger partial charge in [-0.1, -0.05) is 0 Å². The van der Waals surface area contributed by atoms with Crippen LogP contribution in [-0.2, 0) is 4.74 Å². The molecule has 0 rings (SSSR count). The Morgan fingerprint density at radius 2 is 1.79 bits per heavy atom. The van der Waals surface area contributed by atoms with Crippen molar-refractivity contribution >= 4 is 6.09 Å². The van der Waals surface area contributed by atoms with Gasteiger partial charge in [0.15, 0.2) is 0 Å². The second-order valence-electron chi connectivity index (χ2n) is 4.44. The van der Waals surface area contributed by atoms with E-state index in [4.69, 9.17) is 4.74 Å². The Bertz CT molecular complexity index is 178. The molecular formula is C9H21IN2O2. The number of hydrogen-bond acceptors (Lipinski definition) is 2. The summed E-state index contributed by atoms with van der Waals surface area (Å²) in [4.78, 5) is 12.5. The zero-order valence-corrected chi connectivity index (χ0v) is 12.0. The number of carbonyl (C=O) groups is 1. The Balaban J connectivity index is 0. The Morgan fingerprint density at radius 1 is 1.36 bits per heavy atom. The van der Waals surface area contributed by atoms with Crippen LogP contribution in [0.2, 0.25) is 0 Å². The second kappa shape index (κ2) is 6.44. The van der Waals surface area contributed by atoms with Crippen LogP contribution in [0, 0.1) is 0 Å². The summed E-state index contributed by atoms with van der Waals surface area (Å²) in [5.74, 6) is 0. The van der Waals surface area contributed by atoms with Gasteiger partial charge in [-0.05, 0) is 6.92 Å². The van der Waals surface area contributed by atoms with Crippen LogP contribution in [0.15, 0.2) is 0 Å². The van der Waals surface area contributed by atoms with Crippen LogP contribution in [0.5, 0.6) is 0 Å². The molecule has 0 aliphatic heterocycles. The number of halogens is 1. The van der Waals surface area contributed by atoms with Gasteiger partial charge in [0.2, 0.25) is 0 Å². The molecular weight excluding hydrogens is 295 g/mol. The van der Waals surface area contributed by atoms with Gasteiger partial charge < -0.3 is 38.1 Å².